The molecule has 27 heavy (non-hydrogen) atoms. The summed E-state index contributed by atoms with van der Waals surface area (Å²) in [5, 5.41) is 2.50. The molecule has 5 heteroatoms. The fourth-order valence-corrected chi connectivity index (χ4v) is 3.66. The van der Waals surface area contributed by atoms with Crippen LogP contribution in [0.3, 0.4) is 0 Å². The van der Waals surface area contributed by atoms with Crippen molar-refractivity contribution in [3.05, 3.63) is 72.1 Å². The summed E-state index contributed by atoms with van der Waals surface area (Å²) in [5.41, 5.74) is 3.56. The first-order chi connectivity index (χ1) is 13.0. The van der Waals surface area contributed by atoms with Crippen molar-refractivity contribution in [2.24, 2.45) is 0 Å². The summed E-state index contributed by atoms with van der Waals surface area (Å²) in [5.74, 6) is 0.787. The third kappa shape index (κ3) is 5.66. The summed E-state index contributed by atoms with van der Waals surface area (Å²) in [7, 11) is 6.31. The van der Waals surface area contributed by atoms with Crippen LogP contribution in [0.5, 0.6) is 0 Å². The number of pyridine rings is 1. The monoisotopic (exact) mass is 395 g/mol. The first-order valence-corrected chi connectivity index (χ1v) is 10.4. The maximum Gasteiger partial charge on any atom is 0.204 e. The van der Waals surface area contributed by atoms with E-state index in [1.54, 1.807) is 0 Å². The smallest absolute Gasteiger partial charge is 0.204 e. The molecule has 0 bridgehead atoms. The van der Waals surface area contributed by atoms with Gasteiger partial charge in [-0.15, -0.1) is 0 Å². The van der Waals surface area contributed by atoms with Gasteiger partial charge in [-0.2, -0.15) is 0 Å². The molecule has 3 aromatic rings. The van der Waals surface area contributed by atoms with E-state index >= 15 is 0 Å². The second-order valence-corrected chi connectivity index (χ2v) is 8.60. The van der Waals surface area contributed by atoms with E-state index in [0.717, 1.165) is 17.9 Å². The van der Waals surface area contributed by atoms with Crippen LogP contribution in [0, 0.1) is 0 Å². The Morgan fingerprint density at radius 3 is 2.37 bits per heavy atom. The fraction of sp³-hybridized carbons (Fsp3) is 0.182. The number of carbonyl (C=O) groups excluding carboxylic acids is 1. The molecule has 1 unspecified atom stereocenters. The van der Waals surface area contributed by atoms with Gasteiger partial charge in [0, 0.05) is 31.9 Å². The molecule has 0 saturated carbocycles. The van der Waals surface area contributed by atoms with Gasteiger partial charge in [0.15, 0.2) is 18.9 Å². The van der Waals surface area contributed by atoms with E-state index in [-0.39, 0.29) is 4.86 Å². The van der Waals surface area contributed by atoms with Crippen molar-refractivity contribution in [3.63, 3.8) is 0 Å². The molecule has 138 valence electrons. The van der Waals surface area contributed by atoms with Gasteiger partial charge in [0.05, 0.1) is 5.75 Å². The molecule has 1 heterocycles. The summed E-state index contributed by atoms with van der Waals surface area (Å²) < 4.78 is 2.09. The van der Waals surface area contributed by atoms with E-state index in [4.69, 9.17) is 0 Å². The van der Waals surface area contributed by atoms with Crippen molar-refractivity contribution in [1.29, 1.82) is 0 Å². The summed E-state index contributed by atoms with van der Waals surface area (Å²) in [6, 6.07) is 17.2. The molecule has 1 atom stereocenters. The number of anilines is 1. The van der Waals surface area contributed by atoms with Crippen LogP contribution >= 0.6 is 21.0 Å². The zero-order chi connectivity index (χ0) is 19.2. The third-order valence-electron chi connectivity index (χ3n) is 4.34. The molecular weight excluding hydrogens is 371 g/mol. The highest BCUT2D eigenvalue weighted by molar-refractivity contribution is 8.21. The summed E-state index contributed by atoms with van der Waals surface area (Å²) >= 11 is 1.33. The maximum absolute atomic E-state index is 10.9. The number of fused-ring (bicyclic) bond motifs is 1. The highest BCUT2D eigenvalue weighted by atomic mass is 32.2. The summed E-state index contributed by atoms with van der Waals surface area (Å²) in [6.07, 6.45) is 8.37. The maximum atomic E-state index is 10.9. The summed E-state index contributed by atoms with van der Waals surface area (Å²) in [6.45, 7) is 0.828. The number of hydrogen-bond acceptors (Lipinski definition) is 3. The summed E-state index contributed by atoms with van der Waals surface area (Å²) in [4.78, 5) is 13.1. The Labute approximate surface area is 167 Å². The second kappa shape index (κ2) is 9.16. The first kappa shape index (κ1) is 19.6. The molecule has 3 nitrogen and oxygen atoms in total. The van der Waals surface area contributed by atoms with Crippen molar-refractivity contribution in [3.8, 4) is 0 Å². The number of aromatic nitrogens is 1. The number of hydrogen-bond donors (Lipinski definition) is 0. The molecule has 0 aliphatic heterocycles. The Bertz CT molecular complexity index is 968. The Hall–Kier alpha value is -2.16. The van der Waals surface area contributed by atoms with Crippen LogP contribution < -0.4 is 9.47 Å². The Balaban J connectivity index is 1.68. The number of aryl methyl sites for hydroxylation is 1. The van der Waals surface area contributed by atoms with Crippen LogP contribution in [-0.4, -0.2) is 24.7 Å². The predicted molar refractivity (Wildman–Crippen MR) is 121 cm³/mol. The molecule has 0 fully saturated rings. The van der Waals surface area contributed by atoms with Gasteiger partial charge in [-0.3, -0.25) is 4.79 Å². The Kier molecular flexibility index (Phi) is 6.65. The van der Waals surface area contributed by atoms with Crippen LogP contribution in [0.15, 0.2) is 60.9 Å². The highest BCUT2D eigenvalue weighted by Gasteiger charge is 2.02. The third-order valence-corrected chi connectivity index (χ3v) is 5.51. The zero-order valence-corrected chi connectivity index (χ0v) is 17.6. The lowest BCUT2D eigenvalue weighted by Gasteiger charge is -2.13. The van der Waals surface area contributed by atoms with E-state index < -0.39 is 0 Å². The largest absolute Gasteiger partial charge is 0.378 e. The van der Waals surface area contributed by atoms with E-state index in [1.165, 1.54) is 33.8 Å². The minimum absolute atomic E-state index is 0.0866. The molecule has 0 radical (unpaired) electrons. The van der Waals surface area contributed by atoms with E-state index in [0.29, 0.717) is 0 Å². The van der Waals surface area contributed by atoms with Gasteiger partial charge in [0.1, 0.15) is 0 Å². The molecule has 0 saturated heterocycles. The number of thioether (sulfide) groups is 1. The molecule has 0 aliphatic rings. The van der Waals surface area contributed by atoms with Crippen LogP contribution in [0.4, 0.5) is 10.5 Å². The Morgan fingerprint density at radius 2 is 1.67 bits per heavy atom. The average Bonchev–Trinajstić information content (AvgIpc) is 2.66. The van der Waals surface area contributed by atoms with Gasteiger partial charge in [-0.1, -0.05) is 51.4 Å². The minimum Gasteiger partial charge on any atom is -0.378 e. The van der Waals surface area contributed by atoms with Gasteiger partial charge >= 0.3 is 0 Å². The van der Waals surface area contributed by atoms with Crippen molar-refractivity contribution in [1.82, 2.24) is 0 Å². The quantitative estimate of drug-likeness (QED) is 0.429. The van der Waals surface area contributed by atoms with Crippen LogP contribution in [0.2, 0.25) is 0 Å². The molecule has 3 rings (SSSR count). The fourth-order valence-electron chi connectivity index (χ4n) is 2.81. The van der Waals surface area contributed by atoms with Gasteiger partial charge in [-0.25, -0.2) is 4.57 Å². The van der Waals surface area contributed by atoms with Gasteiger partial charge in [0.25, 0.3) is 0 Å². The number of benzene rings is 2. The van der Waals surface area contributed by atoms with Crippen molar-refractivity contribution >= 4 is 54.5 Å². The Morgan fingerprint density at radius 1 is 1.00 bits per heavy atom. The average molecular weight is 395 g/mol. The van der Waals surface area contributed by atoms with Crippen molar-refractivity contribution < 1.29 is 9.36 Å². The van der Waals surface area contributed by atoms with E-state index in [9.17, 15) is 4.79 Å². The van der Waals surface area contributed by atoms with Gasteiger partial charge in [0.2, 0.25) is 4.86 Å². The zero-order valence-electron chi connectivity index (χ0n) is 15.6. The molecular formula is C22H24N2OPS+. The molecule has 1 aromatic heterocycles. The van der Waals surface area contributed by atoms with Crippen molar-refractivity contribution in [2.45, 2.75) is 6.54 Å². The minimum atomic E-state index is 0.0866. The number of nitrogens with zero attached hydrogens (tertiary/aromatic N) is 2. The molecule has 2 aromatic carbocycles. The van der Waals surface area contributed by atoms with Crippen LogP contribution in [0.25, 0.3) is 22.9 Å². The standard InChI is InChI=1S/C22H24N2OPS/c1-23(2)21-8-7-19-15-18(5-6-20(19)16-21)4-3-17-9-11-24(12-10-17)13-14-27-22(25)26/h3-12,15-16H,13-14,26H2,1-2H3/q+1. The lowest BCUT2D eigenvalue weighted by molar-refractivity contribution is -0.692. The lowest BCUT2D eigenvalue weighted by atomic mass is 10.1. The lowest BCUT2D eigenvalue weighted by Crippen LogP contribution is -2.33. The topological polar surface area (TPSA) is 24.2 Å². The molecule has 0 spiro atoms. The first-order valence-electron chi connectivity index (χ1n) is 8.82. The van der Waals surface area contributed by atoms with Gasteiger partial charge in [-0.05, 0) is 40.1 Å². The molecule has 0 aliphatic carbocycles. The number of rotatable bonds is 6. The van der Waals surface area contributed by atoms with Crippen LogP contribution in [0.1, 0.15) is 11.1 Å². The van der Waals surface area contributed by atoms with Crippen molar-refractivity contribution in [2.75, 3.05) is 24.7 Å². The predicted octanol–water partition coefficient (Wildman–Crippen LogP) is 5.09. The SMILES string of the molecule is CN(C)c1ccc2cc(/C=C/c3cc[n+](CCSC(=O)P)cc3)ccc2c1. The second-order valence-electron chi connectivity index (χ2n) is 6.56. The van der Waals surface area contributed by atoms with Gasteiger partial charge < -0.3 is 4.90 Å². The van der Waals surface area contributed by atoms with E-state index in [1.807, 2.05) is 0 Å². The molecule has 0 amide bonds. The number of carbonyl (C=O) groups is 1. The highest BCUT2D eigenvalue weighted by Crippen LogP contribution is 2.23. The van der Waals surface area contributed by atoms with Crippen LogP contribution in [-0.2, 0) is 6.54 Å². The normalized spacial score (nSPS) is 11.2. The molecule has 0 N–H and O–H groups in total. The van der Waals surface area contributed by atoms with E-state index in [2.05, 4.69) is 106 Å².